The van der Waals surface area contributed by atoms with E-state index < -0.39 is 11.8 Å². The first kappa shape index (κ1) is 17.0. The van der Waals surface area contributed by atoms with Gasteiger partial charge in [0, 0.05) is 5.02 Å². The van der Waals surface area contributed by atoms with Gasteiger partial charge in [-0.1, -0.05) is 17.7 Å². The number of hydrogen-bond acceptors (Lipinski definition) is 3. The van der Waals surface area contributed by atoms with Crippen LogP contribution in [0.4, 0.5) is 20.6 Å². The molecule has 8 heteroatoms. The van der Waals surface area contributed by atoms with Crippen LogP contribution in [-0.2, 0) is 4.79 Å². The Morgan fingerprint density at radius 2 is 2.12 bits per heavy atom. The number of amides is 3. The van der Waals surface area contributed by atoms with E-state index in [2.05, 4.69) is 16.0 Å². The average molecular weight is 364 g/mol. The highest BCUT2D eigenvalue weighted by Crippen LogP contribution is 2.30. The molecule has 0 spiro atoms. The van der Waals surface area contributed by atoms with Gasteiger partial charge in [0.1, 0.15) is 11.6 Å². The molecule has 2 aromatic carbocycles. The molecule has 1 aliphatic heterocycles. The molecule has 2 aromatic rings. The predicted molar refractivity (Wildman–Crippen MR) is 92.5 cm³/mol. The Balaban J connectivity index is 1.67. The van der Waals surface area contributed by atoms with Crippen LogP contribution in [0.2, 0.25) is 5.02 Å². The molecular formula is C17H15ClFN3O3. The lowest BCUT2D eigenvalue weighted by molar-refractivity contribution is -0.118. The summed E-state index contributed by atoms with van der Waals surface area (Å²) in [6, 6.07) is 8.27. The van der Waals surface area contributed by atoms with Crippen molar-refractivity contribution in [3.63, 3.8) is 0 Å². The molecule has 6 nitrogen and oxygen atoms in total. The van der Waals surface area contributed by atoms with Gasteiger partial charge in [-0.3, -0.25) is 4.79 Å². The number of carbonyl (C=O) groups excluding carboxylic acids is 2. The first-order valence-electron chi connectivity index (χ1n) is 7.51. The molecule has 0 radical (unpaired) electrons. The van der Waals surface area contributed by atoms with Crippen molar-refractivity contribution in [1.29, 1.82) is 0 Å². The molecule has 0 fully saturated rings. The Morgan fingerprint density at radius 1 is 1.32 bits per heavy atom. The molecule has 0 saturated heterocycles. The first-order valence-corrected chi connectivity index (χ1v) is 7.89. The standard InChI is InChI=1S/C17H15ClFN3O3/c1-9(10-2-5-15-14(6-10)21-16(23)8-25-15)20-17(24)22-13-4-3-11(18)7-12(13)19/h2-7,9H,8H2,1H3,(H,21,23)(H2,20,22,24). The van der Waals surface area contributed by atoms with Crippen LogP contribution >= 0.6 is 11.6 Å². The number of carbonyl (C=O) groups is 2. The van der Waals surface area contributed by atoms with Gasteiger partial charge >= 0.3 is 6.03 Å². The third-order valence-electron chi connectivity index (χ3n) is 3.66. The molecular weight excluding hydrogens is 349 g/mol. The second-order valence-corrected chi connectivity index (χ2v) is 5.97. The van der Waals surface area contributed by atoms with Crippen molar-refractivity contribution >= 4 is 34.9 Å². The van der Waals surface area contributed by atoms with Crippen molar-refractivity contribution in [3.8, 4) is 5.75 Å². The van der Waals surface area contributed by atoms with Gasteiger partial charge in [0.2, 0.25) is 0 Å². The largest absolute Gasteiger partial charge is 0.482 e. The van der Waals surface area contributed by atoms with Gasteiger partial charge in [0.15, 0.2) is 6.61 Å². The predicted octanol–water partition coefficient (Wildman–Crippen LogP) is 3.69. The zero-order valence-electron chi connectivity index (χ0n) is 13.2. The van der Waals surface area contributed by atoms with E-state index in [1.54, 1.807) is 25.1 Å². The van der Waals surface area contributed by atoms with E-state index in [0.717, 1.165) is 11.6 Å². The third-order valence-corrected chi connectivity index (χ3v) is 3.90. The third kappa shape index (κ3) is 4.00. The van der Waals surface area contributed by atoms with Crippen molar-refractivity contribution in [2.45, 2.75) is 13.0 Å². The minimum atomic E-state index is -0.621. The fourth-order valence-corrected chi connectivity index (χ4v) is 2.56. The van der Waals surface area contributed by atoms with Crippen molar-refractivity contribution in [2.24, 2.45) is 0 Å². The van der Waals surface area contributed by atoms with Gasteiger partial charge < -0.3 is 20.7 Å². The van der Waals surface area contributed by atoms with E-state index in [9.17, 15) is 14.0 Å². The van der Waals surface area contributed by atoms with E-state index in [4.69, 9.17) is 16.3 Å². The normalized spacial score (nSPS) is 14.0. The molecule has 3 N–H and O–H groups in total. The lowest BCUT2D eigenvalue weighted by Gasteiger charge is -2.21. The highest BCUT2D eigenvalue weighted by Gasteiger charge is 2.18. The summed E-state index contributed by atoms with van der Waals surface area (Å²) in [5.41, 5.74) is 1.34. The lowest BCUT2D eigenvalue weighted by Crippen LogP contribution is -2.31. The van der Waals surface area contributed by atoms with Gasteiger partial charge in [-0.2, -0.15) is 0 Å². The Kier molecular flexibility index (Phi) is 4.76. The highest BCUT2D eigenvalue weighted by atomic mass is 35.5. The summed E-state index contributed by atoms with van der Waals surface area (Å²) in [6.07, 6.45) is 0. The molecule has 25 heavy (non-hydrogen) atoms. The Bertz CT molecular complexity index is 844. The van der Waals surface area contributed by atoms with Gasteiger partial charge in [0.05, 0.1) is 17.4 Å². The maximum Gasteiger partial charge on any atom is 0.319 e. The monoisotopic (exact) mass is 363 g/mol. The van der Waals surface area contributed by atoms with Crippen LogP contribution in [0.1, 0.15) is 18.5 Å². The zero-order chi connectivity index (χ0) is 18.0. The van der Waals surface area contributed by atoms with Crippen LogP contribution in [0.15, 0.2) is 36.4 Å². The molecule has 0 aromatic heterocycles. The van der Waals surface area contributed by atoms with Gasteiger partial charge in [0.25, 0.3) is 5.91 Å². The van der Waals surface area contributed by atoms with Crippen molar-refractivity contribution in [1.82, 2.24) is 5.32 Å². The summed E-state index contributed by atoms with van der Waals surface area (Å²) in [4.78, 5) is 23.4. The second kappa shape index (κ2) is 6.98. The van der Waals surface area contributed by atoms with E-state index in [-0.39, 0.29) is 29.3 Å². The smallest absolute Gasteiger partial charge is 0.319 e. The number of nitrogens with one attached hydrogen (secondary N) is 3. The van der Waals surface area contributed by atoms with Gasteiger partial charge in [-0.25, -0.2) is 9.18 Å². The second-order valence-electron chi connectivity index (χ2n) is 5.54. The van der Waals surface area contributed by atoms with Crippen LogP contribution < -0.4 is 20.7 Å². The molecule has 3 rings (SSSR count). The van der Waals surface area contributed by atoms with E-state index >= 15 is 0 Å². The SMILES string of the molecule is CC(NC(=O)Nc1ccc(Cl)cc1F)c1ccc2c(c1)NC(=O)CO2. The zero-order valence-corrected chi connectivity index (χ0v) is 14.0. The fraction of sp³-hybridized carbons (Fsp3) is 0.176. The van der Waals surface area contributed by atoms with Crippen molar-refractivity contribution in [2.75, 3.05) is 17.2 Å². The number of anilines is 2. The minimum absolute atomic E-state index is 0.0186. The number of benzene rings is 2. The Morgan fingerprint density at radius 3 is 2.88 bits per heavy atom. The Labute approximate surface area is 148 Å². The quantitative estimate of drug-likeness (QED) is 0.778. The molecule has 1 heterocycles. The molecule has 1 atom stereocenters. The number of fused-ring (bicyclic) bond motifs is 1. The summed E-state index contributed by atoms with van der Waals surface area (Å²) in [7, 11) is 0. The van der Waals surface area contributed by atoms with Crippen molar-refractivity contribution < 1.29 is 18.7 Å². The van der Waals surface area contributed by atoms with Crippen LogP contribution in [-0.4, -0.2) is 18.5 Å². The first-order chi connectivity index (χ1) is 11.9. The fourth-order valence-electron chi connectivity index (χ4n) is 2.40. The van der Waals surface area contributed by atoms with E-state index in [1.807, 2.05) is 0 Å². The minimum Gasteiger partial charge on any atom is -0.482 e. The summed E-state index contributed by atoms with van der Waals surface area (Å²) >= 11 is 5.68. The van der Waals surface area contributed by atoms with Crippen LogP contribution in [0.25, 0.3) is 0 Å². The molecule has 0 aliphatic carbocycles. The lowest BCUT2D eigenvalue weighted by atomic mass is 10.1. The Hall–Kier alpha value is -2.80. The van der Waals surface area contributed by atoms with E-state index in [0.29, 0.717) is 11.4 Å². The van der Waals surface area contributed by atoms with Gasteiger partial charge in [-0.05, 0) is 42.8 Å². The summed E-state index contributed by atoms with van der Waals surface area (Å²) in [5, 5.41) is 8.08. The average Bonchev–Trinajstić information content (AvgIpc) is 2.56. The van der Waals surface area contributed by atoms with Crippen LogP contribution in [0.5, 0.6) is 5.75 Å². The van der Waals surface area contributed by atoms with Crippen LogP contribution in [0, 0.1) is 5.82 Å². The molecule has 0 saturated carbocycles. The number of urea groups is 1. The summed E-state index contributed by atoms with van der Waals surface area (Å²) < 4.78 is 19.0. The number of hydrogen-bond donors (Lipinski definition) is 3. The molecule has 130 valence electrons. The maximum atomic E-state index is 13.7. The maximum absolute atomic E-state index is 13.7. The van der Waals surface area contributed by atoms with Gasteiger partial charge in [-0.15, -0.1) is 0 Å². The number of halogens is 2. The molecule has 0 bridgehead atoms. The summed E-state index contributed by atoms with van der Waals surface area (Å²) in [6.45, 7) is 1.75. The summed E-state index contributed by atoms with van der Waals surface area (Å²) in [5.74, 6) is -0.284. The molecule has 3 amide bonds. The molecule has 1 unspecified atom stereocenters. The van der Waals surface area contributed by atoms with Crippen molar-refractivity contribution in [3.05, 3.63) is 52.8 Å². The van der Waals surface area contributed by atoms with E-state index in [1.165, 1.54) is 12.1 Å². The highest BCUT2D eigenvalue weighted by molar-refractivity contribution is 6.30. The topological polar surface area (TPSA) is 79.5 Å². The molecule has 1 aliphatic rings. The number of ether oxygens (including phenoxy) is 1. The number of rotatable bonds is 3. The van der Waals surface area contributed by atoms with Crippen LogP contribution in [0.3, 0.4) is 0 Å².